The van der Waals surface area contributed by atoms with Crippen LogP contribution < -0.4 is 11.1 Å². The fourth-order valence-corrected chi connectivity index (χ4v) is 1.79. The van der Waals surface area contributed by atoms with Crippen LogP contribution in [0.15, 0.2) is 42.5 Å². The summed E-state index contributed by atoms with van der Waals surface area (Å²) in [6.45, 7) is 0.805. The molecule has 0 aliphatic rings. The molecule has 5 heteroatoms. The number of nitrogens with two attached hydrogens (primary N) is 1. The molecule has 0 aromatic heterocycles. The van der Waals surface area contributed by atoms with Crippen LogP contribution in [0.1, 0.15) is 21.5 Å². The number of hydrogen-bond acceptors (Lipinski definition) is 2. The quantitative estimate of drug-likeness (QED) is 0.880. The minimum absolute atomic E-state index is 0.295. The van der Waals surface area contributed by atoms with Crippen molar-refractivity contribution < 1.29 is 13.6 Å². The summed E-state index contributed by atoms with van der Waals surface area (Å²) in [6, 6.07) is 10.3. The largest absolute Gasteiger partial charge is 0.366 e. The highest BCUT2D eigenvalue weighted by molar-refractivity contribution is 5.92. The number of carbonyl (C=O) groups is 1. The Morgan fingerprint density at radius 3 is 2.35 bits per heavy atom. The van der Waals surface area contributed by atoms with Crippen LogP contribution in [-0.2, 0) is 13.1 Å². The van der Waals surface area contributed by atoms with Crippen LogP contribution in [0, 0.1) is 11.6 Å². The first-order valence-corrected chi connectivity index (χ1v) is 6.09. The summed E-state index contributed by atoms with van der Waals surface area (Å²) >= 11 is 0. The molecule has 0 unspecified atom stereocenters. The molecule has 2 aromatic carbocycles. The Kier molecular flexibility index (Phi) is 4.42. The van der Waals surface area contributed by atoms with Crippen LogP contribution in [0.2, 0.25) is 0 Å². The molecule has 0 bridgehead atoms. The molecule has 104 valence electrons. The van der Waals surface area contributed by atoms with Gasteiger partial charge in [-0.2, -0.15) is 0 Å². The zero-order valence-corrected chi connectivity index (χ0v) is 10.7. The minimum atomic E-state index is -0.590. The van der Waals surface area contributed by atoms with Gasteiger partial charge in [0.05, 0.1) is 0 Å². The fraction of sp³-hybridized carbons (Fsp3) is 0.133. The van der Waals surface area contributed by atoms with Gasteiger partial charge in [-0.3, -0.25) is 4.79 Å². The second-order valence-electron chi connectivity index (χ2n) is 4.40. The second-order valence-corrected chi connectivity index (χ2v) is 4.40. The maximum atomic E-state index is 13.4. The number of primary amides is 1. The van der Waals surface area contributed by atoms with Gasteiger partial charge in [0.25, 0.3) is 0 Å². The third-order valence-corrected chi connectivity index (χ3v) is 2.90. The maximum absolute atomic E-state index is 13.4. The normalized spacial score (nSPS) is 10.5. The number of halogens is 2. The SMILES string of the molecule is NC(=O)c1ccc(CNCc2ccc(F)cc2F)cc1. The fourth-order valence-electron chi connectivity index (χ4n) is 1.79. The van der Waals surface area contributed by atoms with E-state index < -0.39 is 17.5 Å². The average Bonchev–Trinajstić information content (AvgIpc) is 2.42. The van der Waals surface area contributed by atoms with E-state index >= 15 is 0 Å². The van der Waals surface area contributed by atoms with E-state index in [1.54, 1.807) is 24.3 Å². The molecule has 0 heterocycles. The van der Waals surface area contributed by atoms with Crippen LogP contribution in [0.3, 0.4) is 0 Å². The van der Waals surface area contributed by atoms with Gasteiger partial charge in [-0.05, 0) is 23.8 Å². The molecule has 0 fully saturated rings. The molecule has 0 spiro atoms. The van der Waals surface area contributed by atoms with Crippen molar-refractivity contribution in [3.8, 4) is 0 Å². The van der Waals surface area contributed by atoms with E-state index in [1.807, 2.05) is 0 Å². The molecule has 2 aromatic rings. The van der Waals surface area contributed by atoms with Crippen molar-refractivity contribution in [1.82, 2.24) is 5.32 Å². The number of carbonyl (C=O) groups excluding carboxylic acids is 1. The van der Waals surface area contributed by atoms with E-state index in [1.165, 1.54) is 12.1 Å². The van der Waals surface area contributed by atoms with Crippen molar-refractivity contribution in [1.29, 1.82) is 0 Å². The summed E-state index contributed by atoms with van der Waals surface area (Å²) in [4.78, 5) is 10.9. The number of benzene rings is 2. The molecule has 0 aliphatic heterocycles. The van der Waals surface area contributed by atoms with E-state index in [2.05, 4.69) is 5.32 Å². The van der Waals surface area contributed by atoms with Gasteiger partial charge in [-0.1, -0.05) is 18.2 Å². The van der Waals surface area contributed by atoms with Gasteiger partial charge in [0.1, 0.15) is 11.6 Å². The second kappa shape index (κ2) is 6.25. The molecule has 3 nitrogen and oxygen atoms in total. The molecular weight excluding hydrogens is 262 g/mol. The molecule has 1 amide bonds. The van der Waals surface area contributed by atoms with Gasteiger partial charge in [0.15, 0.2) is 0 Å². The van der Waals surface area contributed by atoms with Gasteiger partial charge in [0, 0.05) is 30.3 Å². The third kappa shape index (κ3) is 3.61. The zero-order valence-electron chi connectivity index (χ0n) is 10.7. The number of hydrogen-bond donors (Lipinski definition) is 2. The standard InChI is InChI=1S/C15H14F2N2O/c16-13-6-5-12(14(17)7-13)9-19-8-10-1-3-11(4-2-10)15(18)20/h1-7,19H,8-9H2,(H2,18,20). The Labute approximate surface area is 115 Å². The topological polar surface area (TPSA) is 55.1 Å². The van der Waals surface area contributed by atoms with E-state index in [0.717, 1.165) is 11.6 Å². The Morgan fingerprint density at radius 1 is 1.05 bits per heavy atom. The van der Waals surface area contributed by atoms with Gasteiger partial charge < -0.3 is 11.1 Å². The third-order valence-electron chi connectivity index (χ3n) is 2.90. The predicted molar refractivity (Wildman–Crippen MR) is 71.9 cm³/mol. The molecular formula is C15H14F2N2O. The zero-order chi connectivity index (χ0) is 14.5. The minimum Gasteiger partial charge on any atom is -0.366 e. The van der Waals surface area contributed by atoms with Gasteiger partial charge in [0.2, 0.25) is 5.91 Å². The number of nitrogens with one attached hydrogen (secondary N) is 1. The van der Waals surface area contributed by atoms with Crippen molar-refractivity contribution in [2.24, 2.45) is 5.73 Å². The van der Waals surface area contributed by atoms with Crippen LogP contribution in [0.5, 0.6) is 0 Å². The lowest BCUT2D eigenvalue weighted by molar-refractivity contribution is 0.100. The average molecular weight is 276 g/mol. The summed E-state index contributed by atoms with van der Waals surface area (Å²) in [7, 11) is 0. The molecule has 0 radical (unpaired) electrons. The summed E-state index contributed by atoms with van der Waals surface area (Å²) in [6.07, 6.45) is 0. The molecule has 20 heavy (non-hydrogen) atoms. The first kappa shape index (κ1) is 14.1. The van der Waals surface area contributed by atoms with Crippen molar-refractivity contribution in [2.75, 3.05) is 0 Å². The number of rotatable bonds is 5. The summed E-state index contributed by atoms with van der Waals surface area (Å²) < 4.78 is 26.1. The highest BCUT2D eigenvalue weighted by atomic mass is 19.1. The summed E-state index contributed by atoms with van der Waals surface area (Å²) in [5.41, 5.74) is 6.93. The first-order valence-electron chi connectivity index (χ1n) is 6.09. The van der Waals surface area contributed by atoms with E-state index in [0.29, 0.717) is 24.2 Å². The van der Waals surface area contributed by atoms with Crippen LogP contribution in [0.25, 0.3) is 0 Å². The van der Waals surface area contributed by atoms with Crippen molar-refractivity contribution in [3.05, 3.63) is 70.8 Å². The van der Waals surface area contributed by atoms with E-state index in [4.69, 9.17) is 5.73 Å². The van der Waals surface area contributed by atoms with Gasteiger partial charge in [-0.25, -0.2) is 8.78 Å². The van der Waals surface area contributed by atoms with Crippen molar-refractivity contribution in [3.63, 3.8) is 0 Å². The van der Waals surface area contributed by atoms with Crippen LogP contribution in [-0.4, -0.2) is 5.91 Å². The smallest absolute Gasteiger partial charge is 0.248 e. The van der Waals surface area contributed by atoms with E-state index in [-0.39, 0.29) is 0 Å². The Hall–Kier alpha value is -2.27. The first-order chi connectivity index (χ1) is 9.56. The molecule has 3 N–H and O–H groups in total. The van der Waals surface area contributed by atoms with Gasteiger partial charge >= 0.3 is 0 Å². The molecule has 0 aliphatic carbocycles. The highest BCUT2D eigenvalue weighted by Crippen LogP contribution is 2.10. The van der Waals surface area contributed by atoms with Crippen LogP contribution in [0.4, 0.5) is 8.78 Å². The Bertz CT molecular complexity index is 612. The molecule has 0 saturated heterocycles. The highest BCUT2D eigenvalue weighted by Gasteiger charge is 2.04. The Morgan fingerprint density at radius 2 is 1.75 bits per heavy atom. The van der Waals surface area contributed by atoms with Crippen LogP contribution >= 0.6 is 0 Å². The molecule has 2 rings (SSSR count). The summed E-state index contributed by atoms with van der Waals surface area (Å²) in [5.74, 6) is -1.63. The lowest BCUT2D eigenvalue weighted by Crippen LogP contribution is -2.14. The van der Waals surface area contributed by atoms with Gasteiger partial charge in [-0.15, -0.1) is 0 Å². The Balaban J connectivity index is 1.91. The van der Waals surface area contributed by atoms with Crippen molar-refractivity contribution in [2.45, 2.75) is 13.1 Å². The predicted octanol–water partition coefficient (Wildman–Crippen LogP) is 2.35. The van der Waals surface area contributed by atoms with Crippen molar-refractivity contribution >= 4 is 5.91 Å². The summed E-state index contributed by atoms with van der Waals surface area (Å²) in [5, 5.41) is 3.05. The molecule has 0 saturated carbocycles. The lowest BCUT2D eigenvalue weighted by atomic mass is 10.1. The monoisotopic (exact) mass is 276 g/mol. The molecule has 0 atom stereocenters. The maximum Gasteiger partial charge on any atom is 0.248 e. The number of amides is 1. The van der Waals surface area contributed by atoms with E-state index in [9.17, 15) is 13.6 Å². The lowest BCUT2D eigenvalue weighted by Gasteiger charge is -2.07.